The highest BCUT2D eigenvalue weighted by molar-refractivity contribution is 6.03. The van der Waals surface area contributed by atoms with Crippen LogP contribution in [0, 0.1) is 5.92 Å². The predicted octanol–water partition coefficient (Wildman–Crippen LogP) is 3.88. The van der Waals surface area contributed by atoms with E-state index in [-0.39, 0.29) is 24.2 Å². The lowest BCUT2D eigenvalue weighted by molar-refractivity contribution is -0.139. The van der Waals surface area contributed by atoms with E-state index in [1.54, 1.807) is 6.92 Å². The van der Waals surface area contributed by atoms with Gasteiger partial charge in [0, 0.05) is 25.3 Å². The Hall–Kier alpha value is -1.26. The molecule has 1 atom stereocenters. The number of likely N-dealkylation sites (tertiary alicyclic amines) is 1. The first-order chi connectivity index (χ1) is 9.93. The van der Waals surface area contributed by atoms with Crippen LogP contribution in [-0.2, 0) is 14.4 Å². The first-order valence-corrected chi connectivity index (χ1v) is 7.96. The fourth-order valence-corrected chi connectivity index (χ4v) is 1.79. The lowest BCUT2D eigenvalue weighted by Crippen LogP contribution is -2.31. The molecule has 0 saturated carbocycles. The summed E-state index contributed by atoms with van der Waals surface area (Å²) in [6, 6.07) is -1.30. The van der Waals surface area contributed by atoms with Crippen LogP contribution in [0.4, 0.5) is 4.39 Å². The number of rotatable bonds is 6. The molecule has 0 radical (unpaired) electrons. The zero-order valence-corrected chi connectivity index (χ0v) is 14.1. The number of hydrogen-bond acceptors (Lipinski definition) is 3. The van der Waals surface area contributed by atoms with Crippen molar-refractivity contribution in [3.8, 4) is 0 Å². The van der Waals surface area contributed by atoms with Gasteiger partial charge in [-0.1, -0.05) is 47.5 Å². The maximum absolute atomic E-state index is 11.8. The van der Waals surface area contributed by atoms with Crippen LogP contribution in [0.5, 0.6) is 0 Å². The largest absolute Gasteiger partial charge is 0.301 e. The summed E-state index contributed by atoms with van der Waals surface area (Å²) in [7, 11) is 0. The third-order valence-corrected chi connectivity index (χ3v) is 2.72. The summed E-state index contributed by atoms with van der Waals surface area (Å²) >= 11 is 0. The molecule has 1 aliphatic rings. The van der Waals surface area contributed by atoms with E-state index in [1.165, 1.54) is 11.3 Å². The fourth-order valence-electron chi connectivity index (χ4n) is 1.79. The predicted molar refractivity (Wildman–Crippen MR) is 82.4 cm³/mol. The van der Waals surface area contributed by atoms with Crippen LogP contribution in [0.1, 0.15) is 73.1 Å². The Morgan fingerprint density at radius 3 is 2.10 bits per heavy atom. The molecular formula is C16H30FNO3. The summed E-state index contributed by atoms with van der Waals surface area (Å²) in [6.07, 6.45) is 3.24. The maximum Gasteiger partial charge on any atom is 0.301 e. The molecule has 0 spiro atoms. The molecule has 4 nitrogen and oxygen atoms in total. The minimum atomic E-state index is -1.30. The number of nitrogens with zero attached hydrogens (tertiary/aromatic N) is 1. The summed E-state index contributed by atoms with van der Waals surface area (Å²) in [5, 5.41) is 0. The van der Waals surface area contributed by atoms with Crippen LogP contribution in [0.2, 0.25) is 0 Å². The van der Waals surface area contributed by atoms with Crippen LogP contribution in [0.15, 0.2) is 0 Å². The molecule has 1 fully saturated rings. The molecule has 1 heterocycles. The molecule has 124 valence electrons. The van der Waals surface area contributed by atoms with Crippen molar-refractivity contribution in [2.75, 3.05) is 6.54 Å². The smallest absolute Gasteiger partial charge is 0.282 e. The summed E-state index contributed by atoms with van der Waals surface area (Å²) in [6.45, 7) is 10.4. The van der Waals surface area contributed by atoms with Gasteiger partial charge in [0.25, 0.3) is 0 Å². The van der Waals surface area contributed by atoms with Gasteiger partial charge in [0.15, 0.2) is 0 Å². The van der Waals surface area contributed by atoms with E-state index in [0.717, 1.165) is 0 Å². The highest BCUT2D eigenvalue weighted by Gasteiger charge is 2.34. The van der Waals surface area contributed by atoms with Gasteiger partial charge >= 0.3 is 6.04 Å². The van der Waals surface area contributed by atoms with Crippen molar-refractivity contribution in [1.29, 1.82) is 0 Å². The molecule has 0 aliphatic carbocycles. The van der Waals surface area contributed by atoms with E-state index in [1.807, 2.05) is 13.8 Å². The van der Waals surface area contributed by atoms with E-state index in [4.69, 9.17) is 0 Å². The molecule has 0 bridgehead atoms. The number of halogens is 1. The van der Waals surface area contributed by atoms with Crippen molar-refractivity contribution in [1.82, 2.24) is 4.90 Å². The molecule has 21 heavy (non-hydrogen) atoms. The van der Waals surface area contributed by atoms with Gasteiger partial charge in [-0.05, 0) is 12.8 Å². The van der Waals surface area contributed by atoms with Gasteiger partial charge in [-0.2, -0.15) is 4.39 Å². The van der Waals surface area contributed by atoms with Crippen LogP contribution >= 0.6 is 0 Å². The number of amides is 2. The topological polar surface area (TPSA) is 54.5 Å². The molecule has 1 unspecified atom stereocenters. The molecule has 2 amide bonds. The Kier molecular flexibility index (Phi) is 14.4. The molecule has 0 aromatic heterocycles. The number of unbranched alkanes of at least 4 members (excludes halogenated alkanes) is 2. The number of imide groups is 1. The van der Waals surface area contributed by atoms with Gasteiger partial charge in [-0.3, -0.25) is 19.3 Å². The van der Waals surface area contributed by atoms with Gasteiger partial charge in [0.2, 0.25) is 11.8 Å². The Morgan fingerprint density at radius 2 is 1.71 bits per heavy atom. The highest BCUT2D eigenvalue weighted by Crippen LogP contribution is 2.19. The zero-order chi connectivity index (χ0) is 16.8. The van der Waals surface area contributed by atoms with E-state index < -0.39 is 6.04 Å². The Labute approximate surface area is 128 Å². The second-order valence-electron chi connectivity index (χ2n) is 4.86. The molecule has 1 rings (SSSR count). The minimum Gasteiger partial charge on any atom is -0.282 e. The van der Waals surface area contributed by atoms with Gasteiger partial charge in [-0.25, -0.2) is 0 Å². The van der Waals surface area contributed by atoms with Crippen molar-refractivity contribution in [3.63, 3.8) is 0 Å². The van der Waals surface area contributed by atoms with E-state index in [9.17, 15) is 18.8 Å². The lowest BCUT2D eigenvalue weighted by Gasteiger charge is -2.13. The summed E-state index contributed by atoms with van der Waals surface area (Å²) in [4.78, 5) is 34.1. The molecule has 0 N–H and O–H groups in total. The molecular weight excluding hydrogens is 273 g/mol. The maximum atomic E-state index is 11.8. The Morgan fingerprint density at radius 1 is 1.19 bits per heavy atom. The highest BCUT2D eigenvalue weighted by atomic mass is 19.1. The number of carbonyl (C=O) groups excluding carboxylic acids is 3. The Balaban J connectivity index is 0. The molecule has 0 aromatic rings. The number of carbonyl (C=O) groups is 3. The van der Waals surface area contributed by atoms with Crippen molar-refractivity contribution in [2.24, 2.45) is 5.92 Å². The second-order valence-corrected chi connectivity index (χ2v) is 4.86. The van der Waals surface area contributed by atoms with E-state index >= 15 is 0 Å². The van der Waals surface area contributed by atoms with Gasteiger partial charge < -0.3 is 0 Å². The van der Waals surface area contributed by atoms with Crippen molar-refractivity contribution >= 4 is 17.9 Å². The first kappa shape index (κ1) is 22.0. The average Bonchev–Trinajstić information content (AvgIpc) is 2.67. The molecule has 5 heteroatoms. The number of hydrogen-bond donors (Lipinski definition) is 0. The van der Waals surface area contributed by atoms with E-state index in [0.29, 0.717) is 32.2 Å². The standard InChI is InChI=1S/C11H16FNO3.C3H8.C2H6/c1-8-7-10(15)13(11(8)16)6-4-2-3-5-9(12)14;1-3-2;1-2/h8H,2-7H2,1H3;3H2,1-2H3;1-2H3. The monoisotopic (exact) mass is 303 g/mol. The van der Waals surface area contributed by atoms with Crippen molar-refractivity contribution < 1.29 is 18.8 Å². The van der Waals surface area contributed by atoms with Gasteiger partial charge in [-0.15, -0.1) is 0 Å². The minimum absolute atomic E-state index is 0.0711. The fraction of sp³-hybridized carbons (Fsp3) is 0.812. The SMILES string of the molecule is CC.CC1CC(=O)N(CCCCCC(=O)F)C1=O.CCC. The van der Waals surface area contributed by atoms with Crippen LogP contribution in [0.25, 0.3) is 0 Å². The van der Waals surface area contributed by atoms with E-state index in [2.05, 4.69) is 13.8 Å². The lowest BCUT2D eigenvalue weighted by atomic mass is 10.1. The normalized spacial score (nSPS) is 16.9. The van der Waals surface area contributed by atoms with Gasteiger partial charge in [0.05, 0.1) is 0 Å². The average molecular weight is 303 g/mol. The second kappa shape index (κ2) is 13.7. The third-order valence-electron chi connectivity index (χ3n) is 2.72. The van der Waals surface area contributed by atoms with Crippen molar-refractivity contribution in [2.45, 2.75) is 73.1 Å². The molecule has 1 saturated heterocycles. The van der Waals surface area contributed by atoms with Crippen molar-refractivity contribution in [3.05, 3.63) is 0 Å². The van der Waals surface area contributed by atoms with Crippen LogP contribution < -0.4 is 0 Å². The zero-order valence-electron chi connectivity index (χ0n) is 14.1. The van der Waals surface area contributed by atoms with Gasteiger partial charge in [0.1, 0.15) is 0 Å². The first-order valence-electron chi connectivity index (χ1n) is 7.96. The molecule has 0 aromatic carbocycles. The quantitative estimate of drug-likeness (QED) is 0.425. The Bertz CT molecular complexity index is 319. The summed E-state index contributed by atoms with van der Waals surface area (Å²) in [5.41, 5.74) is 0. The summed E-state index contributed by atoms with van der Waals surface area (Å²) in [5.74, 6) is -0.453. The summed E-state index contributed by atoms with van der Waals surface area (Å²) < 4.78 is 11.8. The van der Waals surface area contributed by atoms with Crippen LogP contribution in [0.3, 0.4) is 0 Å². The molecule has 1 aliphatic heterocycles. The van der Waals surface area contributed by atoms with Crippen LogP contribution in [-0.4, -0.2) is 29.3 Å². The third kappa shape index (κ3) is 10.2.